The first-order chi connectivity index (χ1) is 9.31. The van der Waals surface area contributed by atoms with Crippen molar-refractivity contribution in [3.05, 3.63) is 41.9 Å². The number of nitrogens with one attached hydrogen (secondary N) is 1. The molecule has 0 saturated carbocycles. The summed E-state index contributed by atoms with van der Waals surface area (Å²) in [7, 11) is 0. The van der Waals surface area contributed by atoms with E-state index >= 15 is 0 Å². The van der Waals surface area contributed by atoms with E-state index in [0.29, 0.717) is 6.04 Å². The van der Waals surface area contributed by atoms with E-state index < -0.39 is 0 Å². The number of nitrogens with zero attached hydrogens (tertiary/aromatic N) is 1. The van der Waals surface area contributed by atoms with Gasteiger partial charge >= 0.3 is 0 Å². The molecule has 3 heteroatoms. The van der Waals surface area contributed by atoms with Crippen LogP contribution in [0, 0.1) is 5.82 Å². The molecule has 1 saturated heterocycles. The van der Waals surface area contributed by atoms with Crippen LogP contribution in [0.3, 0.4) is 0 Å². The van der Waals surface area contributed by atoms with Gasteiger partial charge in [-0.15, -0.1) is 0 Å². The maximum absolute atomic E-state index is 13.4. The molecule has 0 aliphatic carbocycles. The molecule has 2 aliphatic rings. The van der Waals surface area contributed by atoms with E-state index in [2.05, 4.69) is 16.0 Å². The third-order valence-electron chi connectivity index (χ3n) is 4.52. The van der Waals surface area contributed by atoms with E-state index in [4.69, 9.17) is 0 Å². The van der Waals surface area contributed by atoms with Crippen molar-refractivity contribution in [2.24, 2.45) is 0 Å². The van der Waals surface area contributed by atoms with Crippen molar-refractivity contribution in [3.8, 4) is 0 Å². The minimum absolute atomic E-state index is 0. The monoisotopic (exact) mass is 258 g/mol. The van der Waals surface area contributed by atoms with E-state index in [1.807, 2.05) is 12.3 Å². The fraction of sp³-hybridized carbons (Fsp3) is 0.375. The number of hydrogen-bond donors (Lipinski definition) is 1. The highest BCUT2D eigenvalue weighted by atomic mass is 19.1. The molecule has 1 aromatic heterocycles. The third-order valence-corrected chi connectivity index (χ3v) is 4.52. The highest BCUT2D eigenvalue weighted by Gasteiger charge is 2.28. The summed E-state index contributed by atoms with van der Waals surface area (Å²) in [5, 5.41) is 1.01. The van der Waals surface area contributed by atoms with Crippen LogP contribution in [0.25, 0.3) is 16.5 Å². The van der Waals surface area contributed by atoms with Crippen molar-refractivity contribution >= 4 is 16.5 Å². The maximum atomic E-state index is 13.4. The van der Waals surface area contributed by atoms with Gasteiger partial charge in [-0.25, -0.2) is 4.39 Å². The molecule has 19 heavy (non-hydrogen) atoms. The zero-order chi connectivity index (χ0) is 12.8. The van der Waals surface area contributed by atoms with Gasteiger partial charge in [0.1, 0.15) is 5.82 Å². The van der Waals surface area contributed by atoms with Crippen molar-refractivity contribution in [2.75, 3.05) is 13.1 Å². The topological polar surface area (TPSA) is 19.0 Å². The lowest BCUT2D eigenvalue weighted by Gasteiger charge is -2.29. The Bertz CT molecular complexity index is 662. The first kappa shape index (κ1) is 11.2. The van der Waals surface area contributed by atoms with E-state index in [-0.39, 0.29) is 7.24 Å². The number of rotatable bonds is 1. The van der Waals surface area contributed by atoms with E-state index in [9.17, 15) is 4.39 Å². The van der Waals surface area contributed by atoms with Crippen LogP contribution in [0.4, 0.5) is 4.39 Å². The van der Waals surface area contributed by atoms with Crippen LogP contribution in [0.15, 0.2) is 30.5 Å². The summed E-state index contributed by atoms with van der Waals surface area (Å²) in [5.74, 6) is -0.160. The predicted octanol–water partition coefficient (Wildman–Crippen LogP) is 3.80. The first-order valence-corrected chi connectivity index (χ1v) is 7.01. The van der Waals surface area contributed by atoms with E-state index in [1.165, 1.54) is 36.6 Å². The Labute approximate surface area is 113 Å². The van der Waals surface area contributed by atoms with Crippen LogP contribution in [0.1, 0.15) is 26.3 Å². The lowest BCUT2D eigenvalue weighted by molar-refractivity contribution is 0.275. The number of halogens is 1. The molecule has 100 valence electrons. The van der Waals surface area contributed by atoms with Crippen molar-refractivity contribution in [1.82, 2.24) is 9.88 Å². The Kier molecular flexibility index (Phi) is 2.49. The number of aromatic nitrogens is 1. The van der Waals surface area contributed by atoms with Gasteiger partial charge in [-0.1, -0.05) is 6.08 Å². The number of H-pyrrole nitrogens is 1. The molecule has 2 nitrogen and oxygen atoms in total. The smallest absolute Gasteiger partial charge is 0.123 e. The van der Waals surface area contributed by atoms with Crippen LogP contribution in [-0.2, 0) is 0 Å². The van der Waals surface area contributed by atoms with Gasteiger partial charge in [0, 0.05) is 36.7 Å². The van der Waals surface area contributed by atoms with Crippen LogP contribution < -0.4 is 0 Å². The fourth-order valence-corrected chi connectivity index (χ4v) is 3.51. The van der Waals surface area contributed by atoms with Gasteiger partial charge < -0.3 is 4.98 Å². The standard InChI is InChI=1S/C16H17FN2.H2/c17-12-3-4-16-14(9-12)15(10-18-16)11-5-7-19-6-1-2-13(19)8-11;/h3-5,9-10,13,18H,1-2,6-8H2;1H. The second-order valence-electron chi connectivity index (χ2n) is 5.62. The lowest BCUT2D eigenvalue weighted by Crippen LogP contribution is -2.32. The molecule has 1 aromatic carbocycles. The second-order valence-corrected chi connectivity index (χ2v) is 5.62. The average Bonchev–Trinajstić information content (AvgIpc) is 3.03. The van der Waals surface area contributed by atoms with Crippen molar-refractivity contribution < 1.29 is 5.82 Å². The molecule has 1 unspecified atom stereocenters. The highest BCUT2D eigenvalue weighted by Crippen LogP contribution is 2.35. The number of hydrogen-bond acceptors (Lipinski definition) is 1. The quantitative estimate of drug-likeness (QED) is 0.824. The zero-order valence-corrected chi connectivity index (χ0v) is 10.8. The molecular weight excluding hydrogens is 239 g/mol. The summed E-state index contributed by atoms with van der Waals surface area (Å²) in [6, 6.07) is 5.66. The normalized spacial score (nSPS) is 23.6. The summed E-state index contributed by atoms with van der Waals surface area (Å²) in [6.45, 7) is 2.28. The molecule has 2 aliphatic heterocycles. The number of aromatic amines is 1. The molecule has 1 N–H and O–H groups in total. The maximum Gasteiger partial charge on any atom is 0.123 e. The summed E-state index contributed by atoms with van der Waals surface area (Å²) < 4.78 is 13.4. The molecule has 3 heterocycles. The predicted molar refractivity (Wildman–Crippen MR) is 77.6 cm³/mol. The minimum atomic E-state index is -0.160. The van der Waals surface area contributed by atoms with Crippen molar-refractivity contribution in [1.29, 1.82) is 0 Å². The van der Waals surface area contributed by atoms with Crippen LogP contribution in [-0.4, -0.2) is 29.0 Å². The molecular formula is C16H19FN2. The van der Waals surface area contributed by atoms with Gasteiger partial charge in [0.25, 0.3) is 0 Å². The zero-order valence-electron chi connectivity index (χ0n) is 10.8. The van der Waals surface area contributed by atoms with Gasteiger partial charge in [0.2, 0.25) is 0 Å². The Morgan fingerprint density at radius 1 is 1.37 bits per heavy atom. The van der Waals surface area contributed by atoms with Crippen molar-refractivity contribution in [3.63, 3.8) is 0 Å². The Balaban J connectivity index is 0.00000121. The summed E-state index contributed by atoms with van der Waals surface area (Å²) in [6.07, 6.45) is 8.06. The molecule has 0 radical (unpaired) electrons. The van der Waals surface area contributed by atoms with Gasteiger partial charge in [0.05, 0.1) is 0 Å². The molecule has 4 rings (SSSR count). The molecule has 2 aromatic rings. The van der Waals surface area contributed by atoms with E-state index in [0.717, 1.165) is 23.9 Å². The minimum Gasteiger partial charge on any atom is -0.361 e. The van der Waals surface area contributed by atoms with Gasteiger partial charge in [0.15, 0.2) is 0 Å². The van der Waals surface area contributed by atoms with Crippen LogP contribution in [0.2, 0.25) is 0 Å². The highest BCUT2D eigenvalue weighted by molar-refractivity contribution is 5.92. The molecule has 0 spiro atoms. The van der Waals surface area contributed by atoms with Gasteiger partial charge in [-0.3, -0.25) is 4.90 Å². The van der Waals surface area contributed by atoms with Gasteiger partial charge in [-0.2, -0.15) is 0 Å². The fourth-order valence-electron chi connectivity index (χ4n) is 3.51. The summed E-state index contributed by atoms with van der Waals surface area (Å²) in [4.78, 5) is 5.81. The molecule has 1 fully saturated rings. The van der Waals surface area contributed by atoms with E-state index in [1.54, 1.807) is 6.07 Å². The summed E-state index contributed by atoms with van der Waals surface area (Å²) in [5.41, 5.74) is 3.58. The average molecular weight is 258 g/mol. The van der Waals surface area contributed by atoms with Crippen LogP contribution >= 0.6 is 0 Å². The van der Waals surface area contributed by atoms with Crippen LogP contribution in [0.5, 0.6) is 0 Å². The summed E-state index contributed by atoms with van der Waals surface area (Å²) >= 11 is 0. The molecule has 1 atom stereocenters. The number of benzene rings is 1. The Morgan fingerprint density at radius 2 is 2.32 bits per heavy atom. The molecule has 0 amide bonds. The lowest BCUT2D eigenvalue weighted by atomic mass is 9.94. The first-order valence-electron chi connectivity index (χ1n) is 7.01. The third kappa shape index (κ3) is 1.80. The largest absolute Gasteiger partial charge is 0.361 e. The second kappa shape index (κ2) is 4.20. The Morgan fingerprint density at radius 3 is 3.26 bits per heavy atom. The number of fused-ring (bicyclic) bond motifs is 2. The SMILES string of the molecule is Fc1ccc2[nH]cc(C3=CCN4CCCC4C3)c2c1.[HH]. The molecule has 0 bridgehead atoms. The van der Waals surface area contributed by atoms with Crippen molar-refractivity contribution in [2.45, 2.75) is 25.3 Å². The van der Waals surface area contributed by atoms with Gasteiger partial charge in [-0.05, 0) is 49.6 Å². The Hall–Kier alpha value is -1.61.